The van der Waals surface area contributed by atoms with Gasteiger partial charge in [-0.05, 0) is 24.5 Å². The lowest BCUT2D eigenvalue weighted by Gasteiger charge is -2.26. The Morgan fingerprint density at radius 1 is 1.13 bits per heavy atom. The van der Waals surface area contributed by atoms with Crippen molar-refractivity contribution in [1.82, 2.24) is 10.3 Å². The third-order valence-electron chi connectivity index (χ3n) is 5.30. The summed E-state index contributed by atoms with van der Waals surface area (Å²) in [6.07, 6.45) is 3.04. The first-order valence-electron chi connectivity index (χ1n) is 10.7. The number of rotatable bonds is 11. The molecule has 1 amide bonds. The van der Waals surface area contributed by atoms with E-state index in [1.165, 1.54) is 0 Å². The maximum absolute atomic E-state index is 13.2. The van der Waals surface area contributed by atoms with Gasteiger partial charge in [-0.3, -0.25) is 14.4 Å². The lowest BCUT2D eigenvalue weighted by molar-refractivity contribution is -0.134. The summed E-state index contributed by atoms with van der Waals surface area (Å²) in [5, 5.41) is 4.30. The van der Waals surface area contributed by atoms with E-state index in [1.807, 2.05) is 65.1 Å². The number of hydrogen-bond acceptors (Lipinski definition) is 4. The fraction of sp³-hybridized carbons (Fsp3) is 0.542. The minimum atomic E-state index is -0.550. The van der Waals surface area contributed by atoms with Gasteiger partial charge in [0.1, 0.15) is 11.6 Å². The van der Waals surface area contributed by atoms with Crippen molar-refractivity contribution in [3.05, 3.63) is 36.0 Å². The second-order valence-electron chi connectivity index (χ2n) is 9.42. The molecule has 0 aliphatic carbocycles. The monoisotopic (exact) mass is 413 g/mol. The lowest BCUT2D eigenvalue weighted by Crippen LogP contribution is -2.43. The second kappa shape index (κ2) is 10.0. The van der Waals surface area contributed by atoms with Crippen LogP contribution in [0.1, 0.15) is 59.4 Å². The van der Waals surface area contributed by atoms with Crippen LogP contribution in [0.25, 0.3) is 10.9 Å². The van der Waals surface area contributed by atoms with Gasteiger partial charge in [0.15, 0.2) is 0 Å². The Balaban J connectivity index is 2.26. The molecular formula is C24H35N3O3. The van der Waals surface area contributed by atoms with Crippen molar-refractivity contribution in [3.8, 4) is 0 Å². The number of amides is 1. The maximum atomic E-state index is 13.2. The molecule has 0 aliphatic rings. The highest BCUT2D eigenvalue weighted by Crippen LogP contribution is 2.29. The normalized spacial score (nSPS) is 14.1. The van der Waals surface area contributed by atoms with Crippen molar-refractivity contribution in [1.29, 1.82) is 0 Å². The van der Waals surface area contributed by atoms with Gasteiger partial charge in [0.2, 0.25) is 5.91 Å². The third-order valence-corrected chi connectivity index (χ3v) is 5.30. The van der Waals surface area contributed by atoms with Gasteiger partial charge in [0.25, 0.3) is 0 Å². The molecule has 2 rings (SSSR count). The second-order valence-corrected chi connectivity index (χ2v) is 9.42. The standard InChI is InChI=1S/C24H35N3O3/c1-15(2)27-20(10-11-22(25)29)21(28)13-16(23(30)24(3,4)5)12-17-14-26-19-9-7-6-8-18(17)19/h6-9,14-16,20,26-27H,10-13H2,1-5H3,(H2,25,29)/t16-,20+/m1/s1. The van der Waals surface area contributed by atoms with Crippen LogP contribution < -0.4 is 11.1 Å². The summed E-state index contributed by atoms with van der Waals surface area (Å²) in [6, 6.07) is 7.55. The summed E-state index contributed by atoms with van der Waals surface area (Å²) in [4.78, 5) is 40.8. The van der Waals surface area contributed by atoms with E-state index in [-0.39, 0.29) is 30.4 Å². The van der Waals surface area contributed by atoms with E-state index >= 15 is 0 Å². The van der Waals surface area contributed by atoms with E-state index < -0.39 is 23.3 Å². The summed E-state index contributed by atoms with van der Waals surface area (Å²) >= 11 is 0. The zero-order valence-corrected chi connectivity index (χ0v) is 18.7. The van der Waals surface area contributed by atoms with Crippen molar-refractivity contribution < 1.29 is 14.4 Å². The van der Waals surface area contributed by atoms with Crippen LogP contribution in [0.4, 0.5) is 0 Å². The number of para-hydroxylation sites is 1. The molecule has 0 saturated carbocycles. The van der Waals surface area contributed by atoms with Crippen molar-refractivity contribution in [2.24, 2.45) is 17.1 Å². The summed E-state index contributed by atoms with van der Waals surface area (Å²) in [5.74, 6) is -0.840. The Morgan fingerprint density at radius 2 is 1.80 bits per heavy atom. The van der Waals surface area contributed by atoms with Gasteiger partial charge in [-0.1, -0.05) is 52.8 Å². The molecule has 1 heterocycles. The van der Waals surface area contributed by atoms with Crippen LogP contribution in [0.3, 0.4) is 0 Å². The molecule has 1 aromatic heterocycles. The van der Waals surface area contributed by atoms with Crippen molar-refractivity contribution in [2.45, 2.75) is 72.4 Å². The molecule has 0 fully saturated rings. The number of ketones is 2. The number of benzene rings is 1. The molecule has 0 aliphatic heterocycles. The number of H-pyrrole nitrogens is 1. The van der Waals surface area contributed by atoms with Crippen LogP contribution in [0.15, 0.2) is 30.5 Å². The smallest absolute Gasteiger partial charge is 0.217 e. The number of hydrogen-bond donors (Lipinski definition) is 3. The van der Waals surface area contributed by atoms with Crippen molar-refractivity contribution in [3.63, 3.8) is 0 Å². The molecule has 0 bridgehead atoms. The van der Waals surface area contributed by atoms with Crippen LogP contribution in [0.2, 0.25) is 0 Å². The molecule has 2 aromatic rings. The van der Waals surface area contributed by atoms with Crippen molar-refractivity contribution >= 4 is 28.4 Å². The number of carbonyl (C=O) groups excluding carboxylic acids is 3. The number of carbonyl (C=O) groups is 3. The SMILES string of the molecule is CC(C)N[C@@H](CCC(N)=O)C(=O)C[C@@H](Cc1c[nH]c2ccccc12)C(=O)C(C)(C)C. The van der Waals surface area contributed by atoms with Crippen LogP contribution >= 0.6 is 0 Å². The fourth-order valence-electron chi connectivity index (χ4n) is 3.85. The first-order chi connectivity index (χ1) is 14.0. The first-order valence-corrected chi connectivity index (χ1v) is 10.7. The maximum Gasteiger partial charge on any atom is 0.217 e. The molecule has 0 radical (unpaired) electrons. The molecule has 1 aromatic carbocycles. The van der Waals surface area contributed by atoms with E-state index in [9.17, 15) is 14.4 Å². The number of aromatic nitrogens is 1. The zero-order valence-electron chi connectivity index (χ0n) is 18.7. The Morgan fingerprint density at radius 3 is 2.40 bits per heavy atom. The number of aromatic amines is 1. The predicted octanol–water partition coefficient (Wildman–Crippen LogP) is 3.53. The molecule has 164 valence electrons. The minimum Gasteiger partial charge on any atom is -0.370 e. The summed E-state index contributed by atoms with van der Waals surface area (Å²) < 4.78 is 0. The average molecular weight is 414 g/mol. The molecule has 2 atom stereocenters. The van der Waals surface area contributed by atoms with Gasteiger partial charge in [0.05, 0.1) is 6.04 Å². The summed E-state index contributed by atoms with van der Waals surface area (Å²) in [7, 11) is 0. The van der Waals surface area contributed by atoms with Crippen LogP contribution in [0.5, 0.6) is 0 Å². The number of nitrogens with one attached hydrogen (secondary N) is 2. The molecule has 30 heavy (non-hydrogen) atoms. The average Bonchev–Trinajstić information content (AvgIpc) is 3.05. The molecule has 0 spiro atoms. The largest absolute Gasteiger partial charge is 0.370 e. The van der Waals surface area contributed by atoms with Gasteiger partial charge in [-0.25, -0.2) is 0 Å². The van der Waals surface area contributed by atoms with Crippen LogP contribution in [0, 0.1) is 11.3 Å². The van der Waals surface area contributed by atoms with Crippen molar-refractivity contribution in [2.75, 3.05) is 0 Å². The van der Waals surface area contributed by atoms with Crippen LogP contribution in [-0.4, -0.2) is 34.5 Å². The molecule has 6 nitrogen and oxygen atoms in total. The van der Waals surface area contributed by atoms with Crippen LogP contribution in [-0.2, 0) is 20.8 Å². The molecular weight excluding hydrogens is 378 g/mol. The van der Waals surface area contributed by atoms with E-state index in [0.717, 1.165) is 16.5 Å². The minimum absolute atomic E-state index is 0.0487. The number of fused-ring (bicyclic) bond motifs is 1. The van der Waals surface area contributed by atoms with E-state index in [2.05, 4.69) is 10.3 Å². The van der Waals surface area contributed by atoms with Gasteiger partial charge >= 0.3 is 0 Å². The highest BCUT2D eigenvalue weighted by molar-refractivity contribution is 5.94. The third kappa shape index (κ3) is 6.52. The fourth-order valence-corrected chi connectivity index (χ4v) is 3.85. The highest BCUT2D eigenvalue weighted by Gasteiger charge is 2.33. The van der Waals surface area contributed by atoms with Gasteiger partial charge < -0.3 is 16.0 Å². The highest BCUT2D eigenvalue weighted by atomic mass is 16.1. The lowest BCUT2D eigenvalue weighted by atomic mass is 9.77. The zero-order chi connectivity index (χ0) is 22.5. The Kier molecular flexibility index (Phi) is 7.96. The van der Waals surface area contributed by atoms with Gasteiger partial charge in [0, 0.05) is 47.3 Å². The van der Waals surface area contributed by atoms with E-state index in [0.29, 0.717) is 12.8 Å². The number of Topliss-reactive ketones (excluding diaryl/α,β-unsaturated/α-hetero) is 2. The Bertz CT molecular complexity index is 892. The quantitative estimate of drug-likeness (QED) is 0.524. The molecule has 0 unspecified atom stereocenters. The van der Waals surface area contributed by atoms with Gasteiger partial charge in [-0.15, -0.1) is 0 Å². The topological polar surface area (TPSA) is 105 Å². The Labute approximate surface area is 179 Å². The first kappa shape index (κ1) is 23.8. The number of primary amides is 1. The molecule has 4 N–H and O–H groups in total. The Hall–Kier alpha value is -2.47. The molecule has 6 heteroatoms. The number of nitrogens with two attached hydrogens (primary N) is 1. The summed E-state index contributed by atoms with van der Waals surface area (Å²) in [6.45, 7) is 9.57. The van der Waals surface area contributed by atoms with E-state index in [4.69, 9.17) is 5.73 Å². The van der Waals surface area contributed by atoms with Gasteiger partial charge in [-0.2, -0.15) is 0 Å². The summed E-state index contributed by atoms with van der Waals surface area (Å²) in [5.41, 5.74) is 6.78. The predicted molar refractivity (Wildman–Crippen MR) is 120 cm³/mol. The molecule has 0 saturated heterocycles. The van der Waals surface area contributed by atoms with E-state index in [1.54, 1.807) is 0 Å².